The van der Waals surface area contributed by atoms with Crippen LogP contribution < -0.4 is 5.73 Å². The van der Waals surface area contributed by atoms with Gasteiger partial charge in [-0.1, -0.05) is 23.7 Å². The van der Waals surface area contributed by atoms with Crippen LogP contribution in [0.3, 0.4) is 0 Å². The number of nitrogens with zero attached hydrogens (tertiary/aromatic N) is 3. The lowest BCUT2D eigenvalue weighted by molar-refractivity contribution is 0.458. The third-order valence-electron chi connectivity index (χ3n) is 3.13. The maximum absolute atomic E-state index is 5.97. The second-order valence-corrected chi connectivity index (χ2v) is 6.04. The number of nitrogens with two attached hydrogens (primary N) is 1. The topological polar surface area (TPSA) is 54.5 Å². The molecule has 21 heavy (non-hydrogen) atoms. The van der Waals surface area contributed by atoms with Gasteiger partial charge in [0.2, 0.25) is 0 Å². The van der Waals surface area contributed by atoms with E-state index in [-0.39, 0.29) is 0 Å². The predicted molar refractivity (Wildman–Crippen MR) is 90.8 cm³/mol. The SMILES string of the molecule is CCN(CC)C(N)=NCc1cnc(-c2ccc(Cl)cc2)s1. The van der Waals surface area contributed by atoms with Gasteiger partial charge >= 0.3 is 0 Å². The van der Waals surface area contributed by atoms with E-state index in [0.29, 0.717) is 12.5 Å². The average molecular weight is 323 g/mol. The molecule has 1 aromatic carbocycles. The first-order valence-electron chi connectivity index (χ1n) is 6.89. The Morgan fingerprint density at radius 2 is 1.95 bits per heavy atom. The van der Waals surface area contributed by atoms with Crippen LogP contribution in [-0.2, 0) is 6.54 Å². The van der Waals surface area contributed by atoms with E-state index in [2.05, 4.69) is 23.8 Å². The van der Waals surface area contributed by atoms with E-state index in [1.165, 1.54) is 0 Å². The van der Waals surface area contributed by atoms with Gasteiger partial charge in [-0.05, 0) is 26.0 Å². The van der Waals surface area contributed by atoms with Crippen molar-refractivity contribution >= 4 is 28.9 Å². The van der Waals surface area contributed by atoms with Gasteiger partial charge in [0.05, 0.1) is 6.54 Å². The molecule has 0 fully saturated rings. The summed E-state index contributed by atoms with van der Waals surface area (Å²) >= 11 is 7.52. The highest BCUT2D eigenvalue weighted by Crippen LogP contribution is 2.26. The van der Waals surface area contributed by atoms with Crippen LogP contribution >= 0.6 is 22.9 Å². The number of benzene rings is 1. The summed E-state index contributed by atoms with van der Waals surface area (Å²) in [6.45, 7) is 6.43. The molecule has 0 aliphatic carbocycles. The van der Waals surface area contributed by atoms with Gasteiger partial charge in [0.1, 0.15) is 5.01 Å². The number of halogens is 1. The molecule has 112 valence electrons. The van der Waals surface area contributed by atoms with Crippen molar-refractivity contribution in [2.45, 2.75) is 20.4 Å². The highest BCUT2D eigenvalue weighted by Gasteiger charge is 2.06. The van der Waals surface area contributed by atoms with E-state index in [1.54, 1.807) is 11.3 Å². The highest BCUT2D eigenvalue weighted by atomic mass is 35.5. The van der Waals surface area contributed by atoms with E-state index in [0.717, 1.165) is 33.6 Å². The molecular formula is C15H19ClN4S. The lowest BCUT2D eigenvalue weighted by atomic mass is 10.2. The quantitative estimate of drug-likeness (QED) is 0.675. The summed E-state index contributed by atoms with van der Waals surface area (Å²) in [5.74, 6) is 0.585. The zero-order chi connectivity index (χ0) is 15.2. The van der Waals surface area contributed by atoms with E-state index in [4.69, 9.17) is 17.3 Å². The van der Waals surface area contributed by atoms with Crippen LogP contribution in [0, 0.1) is 0 Å². The van der Waals surface area contributed by atoms with E-state index in [1.807, 2.05) is 35.4 Å². The molecule has 1 heterocycles. The Morgan fingerprint density at radius 3 is 2.57 bits per heavy atom. The first-order chi connectivity index (χ1) is 10.1. The number of hydrogen-bond donors (Lipinski definition) is 1. The molecule has 0 aliphatic rings. The molecule has 0 spiro atoms. The van der Waals surface area contributed by atoms with Crippen molar-refractivity contribution < 1.29 is 0 Å². The van der Waals surface area contributed by atoms with Gasteiger partial charge in [0.25, 0.3) is 0 Å². The number of thiazole rings is 1. The van der Waals surface area contributed by atoms with Gasteiger partial charge in [-0.15, -0.1) is 11.3 Å². The molecule has 0 amide bonds. The molecule has 0 unspecified atom stereocenters. The minimum absolute atomic E-state index is 0.563. The molecule has 1 aromatic heterocycles. The number of aliphatic imine (C=N–C) groups is 1. The maximum atomic E-state index is 5.97. The molecule has 2 rings (SSSR count). The molecule has 0 atom stereocenters. The summed E-state index contributed by atoms with van der Waals surface area (Å²) in [7, 11) is 0. The molecular weight excluding hydrogens is 304 g/mol. The van der Waals surface area contributed by atoms with Crippen LogP contribution in [0.5, 0.6) is 0 Å². The third-order valence-corrected chi connectivity index (χ3v) is 4.41. The van der Waals surface area contributed by atoms with Crippen LogP contribution in [0.1, 0.15) is 18.7 Å². The van der Waals surface area contributed by atoms with Crippen LogP contribution in [0.4, 0.5) is 0 Å². The zero-order valence-electron chi connectivity index (χ0n) is 12.2. The van der Waals surface area contributed by atoms with Crippen molar-refractivity contribution in [3.8, 4) is 10.6 Å². The first kappa shape index (κ1) is 15.8. The monoisotopic (exact) mass is 322 g/mol. The second kappa shape index (κ2) is 7.43. The normalized spacial score (nSPS) is 11.7. The number of guanidine groups is 1. The predicted octanol–water partition coefficient (Wildman–Crippen LogP) is 3.62. The van der Waals surface area contributed by atoms with Gasteiger partial charge in [0, 0.05) is 34.7 Å². The van der Waals surface area contributed by atoms with Crippen molar-refractivity contribution in [2.75, 3.05) is 13.1 Å². The standard InChI is InChI=1S/C15H19ClN4S/c1-3-20(4-2)15(17)19-10-13-9-18-14(21-13)11-5-7-12(16)8-6-11/h5-9H,3-4,10H2,1-2H3,(H2,17,19). The summed E-state index contributed by atoms with van der Waals surface area (Å²) in [5.41, 5.74) is 7.03. The lowest BCUT2D eigenvalue weighted by Crippen LogP contribution is -2.36. The Balaban J connectivity index is 2.07. The Morgan fingerprint density at radius 1 is 1.29 bits per heavy atom. The van der Waals surface area contributed by atoms with Crippen molar-refractivity contribution in [3.63, 3.8) is 0 Å². The van der Waals surface area contributed by atoms with Gasteiger partial charge < -0.3 is 10.6 Å². The smallest absolute Gasteiger partial charge is 0.191 e. The average Bonchev–Trinajstić information content (AvgIpc) is 2.96. The minimum atomic E-state index is 0.563. The molecule has 0 bridgehead atoms. The van der Waals surface area contributed by atoms with Gasteiger partial charge in [0.15, 0.2) is 5.96 Å². The Labute approximate surface area is 134 Å². The molecule has 0 radical (unpaired) electrons. The molecule has 0 aliphatic heterocycles. The molecule has 4 nitrogen and oxygen atoms in total. The van der Waals surface area contributed by atoms with Crippen molar-refractivity contribution in [2.24, 2.45) is 10.7 Å². The van der Waals surface area contributed by atoms with E-state index in [9.17, 15) is 0 Å². The summed E-state index contributed by atoms with van der Waals surface area (Å²) in [4.78, 5) is 12.0. The van der Waals surface area contributed by atoms with Crippen molar-refractivity contribution in [1.29, 1.82) is 0 Å². The number of hydrogen-bond acceptors (Lipinski definition) is 3. The molecule has 0 saturated carbocycles. The maximum Gasteiger partial charge on any atom is 0.191 e. The lowest BCUT2D eigenvalue weighted by Gasteiger charge is -2.19. The third kappa shape index (κ3) is 4.19. The van der Waals surface area contributed by atoms with Gasteiger partial charge in [-0.2, -0.15) is 0 Å². The minimum Gasteiger partial charge on any atom is -0.370 e. The number of rotatable bonds is 5. The molecule has 2 aromatic rings. The van der Waals surface area contributed by atoms with E-state index >= 15 is 0 Å². The largest absolute Gasteiger partial charge is 0.370 e. The Bertz CT molecular complexity index is 602. The first-order valence-corrected chi connectivity index (χ1v) is 8.09. The van der Waals surface area contributed by atoms with E-state index < -0.39 is 0 Å². The Hall–Kier alpha value is -1.59. The van der Waals surface area contributed by atoms with Crippen LogP contribution in [0.2, 0.25) is 5.02 Å². The van der Waals surface area contributed by atoms with Crippen LogP contribution in [0.15, 0.2) is 35.5 Å². The van der Waals surface area contributed by atoms with Gasteiger partial charge in [-0.25, -0.2) is 9.98 Å². The fourth-order valence-electron chi connectivity index (χ4n) is 1.91. The highest BCUT2D eigenvalue weighted by molar-refractivity contribution is 7.15. The summed E-state index contributed by atoms with van der Waals surface area (Å²) < 4.78 is 0. The summed E-state index contributed by atoms with van der Waals surface area (Å²) in [6.07, 6.45) is 1.85. The Kier molecular flexibility index (Phi) is 5.59. The fourth-order valence-corrected chi connectivity index (χ4v) is 2.88. The number of aromatic nitrogens is 1. The molecule has 6 heteroatoms. The summed E-state index contributed by atoms with van der Waals surface area (Å²) in [5, 5.41) is 1.70. The van der Waals surface area contributed by atoms with Crippen molar-refractivity contribution in [3.05, 3.63) is 40.4 Å². The molecule has 2 N–H and O–H groups in total. The van der Waals surface area contributed by atoms with Crippen molar-refractivity contribution in [1.82, 2.24) is 9.88 Å². The van der Waals surface area contributed by atoms with Crippen LogP contribution in [-0.4, -0.2) is 28.9 Å². The summed E-state index contributed by atoms with van der Waals surface area (Å²) in [6, 6.07) is 7.68. The van der Waals surface area contributed by atoms with Gasteiger partial charge in [-0.3, -0.25) is 0 Å². The second-order valence-electron chi connectivity index (χ2n) is 4.49. The zero-order valence-corrected chi connectivity index (χ0v) is 13.8. The molecule has 0 saturated heterocycles. The fraction of sp³-hybridized carbons (Fsp3) is 0.333. The van der Waals surface area contributed by atoms with Crippen LogP contribution in [0.25, 0.3) is 10.6 Å².